The summed E-state index contributed by atoms with van der Waals surface area (Å²) in [6, 6.07) is 12.6. The fourth-order valence-electron chi connectivity index (χ4n) is 2.16. The van der Waals surface area contributed by atoms with Crippen molar-refractivity contribution in [3.63, 3.8) is 0 Å². The number of rotatable bonds is 7. The van der Waals surface area contributed by atoms with Gasteiger partial charge in [0.05, 0.1) is 6.10 Å². The van der Waals surface area contributed by atoms with E-state index in [-0.39, 0.29) is 12.1 Å². The average Bonchev–Trinajstić information content (AvgIpc) is 2.92. The van der Waals surface area contributed by atoms with Gasteiger partial charge in [-0.2, -0.15) is 0 Å². The Kier molecular flexibility index (Phi) is 5.59. The lowest BCUT2D eigenvalue weighted by Gasteiger charge is -2.18. The number of hydrogen-bond donors (Lipinski definition) is 2. The minimum atomic E-state index is 0.146. The summed E-state index contributed by atoms with van der Waals surface area (Å²) >= 11 is 1.79. The van der Waals surface area contributed by atoms with Crippen LogP contribution in [0, 0.1) is 0 Å². The number of aryl methyl sites for hydroxylation is 1. The summed E-state index contributed by atoms with van der Waals surface area (Å²) in [6.07, 6.45) is 2.19. The fourth-order valence-corrected chi connectivity index (χ4v) is 2.89. The Morgan fingerprint density at radius 2 is 2.10 bits per heavy atom. The maximum absolute atomic E-state index is 5.73. The Morgan fingerprint density at radius 1 is 1.25 bits per heavy atom. The van der Waals surface area contributed by atoms with Crippen LogP contribution in [0.5, 0.6) is 5.75 Å². The predicted octanol–water partition coefficient (Wildman–Crippen LogP) is 3.67. The highest BCUT2D eigenvalue weighted by molar-refractivity contribution is 7.09. The van der Waals surface area contributed by atoms with Crippen LogP contribution in [0.25, 0.3) is 0 Å². The van der Waals surface area contributed by atoms with E-state index in [1.807, 2.05) is 26.0 Å². The first-order valence-corrected chi connectivity index (χ1v) is 7.82. The van der Waals surface area contributed by atoms with E-state index in [0.717, 1.165) is 18.6 Å². The average molecular weight is 290 g/mol. The van der Waals surface area contributed by atoms with E-state index in [1.54, 1.807) is 11.3 Å². The van der Waals surface area contributed by atoms with E-state index in [9.17, 15) is 0 Å². The molecule has 4 heteroatoms. The topological polar surface area (TPSA) is 47.3 Å². The standard InChI is InChI=1S/C16H22N2OS/c1-12(2)19-14-6-3-5-13(11-14)16(18-17)9-8-15-7-4-10-20-15/h3-7,10-12,16,18H,8-9,17H2,1-2H3. The van der Waals surface area contributed by atoms with Gasteiger partial charge >= 0.3 is 0 Å². The number of nitrogens with two attached hydrogens (primary N) is 1. The van der Waals surface area contributed by atoms with Crippen molar-refractivity contribution in [2.24, 2.45) is 5.84 Å². The third-order valence-corrected chi connectivity index (χ3v) is 4.03. The van der Waals surface area contributed by atoms with Crippen molar-refractivity contribution < 1.29 is 4.74 Å². The number of ether oxygens (including phenoxy) is 1. The quantitative estimate of drug-likeness (QED) is 0.604. The summed E-state index contributed by atoms with van der Waals surface area (Å²) in [5, 5.41) is 2.11. The van der Waals surface area contributed by atoms with Crippen LogP contribution in [0.1, 0.15) is 36.8 Å². The van der Waals surface area contributed by atoms with Gasteiger partial charge in [0, 0.05) is 10.9 Å². The zero-order valence-electron chi connectivity index (χ0n) is 12.0. The molecule has 0 spiro atoms. The van der Waals surface area contributed by atoms with E-state index in [2.05, 4.69) is 35.1 Å². The third-order valence-electron chi connectivity index (χ3n) is 3.09. The maximum atomic E-state index is 5.73. The van der Waals surface area contributed by atoms with Crippen molar-refractivity contribution in [2.45, 2.75) is 38.8 Å². The second-order valence-electron chi connectivity index (χ2n) is 5.08. The van der Waals surface area contributed by atoms with Crippen molar-refractivity contribution in [1.82, 2.24) is 5.43 Å². The van der Waals surface area contributed by atoms with Crippen LogP contribution in [-0.2, 0) is 6.42 Å². The molecular formula is C16H22N2OS. The number of thiophene rings is 1. The third kappa shape index (κ3) is 4.34. The van der Waals surface area contributed by atoms with Gasteiger partial charge in [-0.05, 0) is 55.8 Å². The molecule has 3 N–H and O–H groups in total. The van der Waals surface area contributed by atoms with E-state index in [4.69, 9.17) is 10.6 Å². The summed E-state index contributed by atoms with van der Waals surface area (Å²) in [5.74, 6) is 6.61. The van der Waals surface area contributed by atoms with Crippen LogP contribution in [0.2, 0.25) is 0 Å². The van der Waals surface area contributed by atoms with Crippen molar-refractivity contribution in [3.05, 3.63) is 52.2 Å². The van der Waals surface area contributed by atoms with Gasteiger partial charge in [-0.15, -0.1) is 11.3 Å². The molecule has 0 aliphatic heterocycles. The second kappa shape index (κ2) is 7.43. The predicted molar refractivity (Wildman–Crippen MR) is 84.9 cm³/mol. The van der Waals surface area contributed by atoms with E-state index >= 15 is 0 Å². The second-order valence-corrected chi connectivity index (χ2v) is 6.11. The normalized spacial score (nSPS) is 12.6. The Bertz CT molecular complexity index is 511. The van der Waals surface area contributed by atoms with Gasteiger partial charge < -0.3 is 4.74 Å². The molecule has 0 bridgehead atoms. The van der Waals surface area contributed by atoms with Crippen LogP contribution >= 0.6 is 11.3 Å². The number of nitrogens with one attached hydrogen (secondary N) is 1. The Labute approximate surface area is 124 Å². The molecule has 0 saturated heterocycles. The van der Waals surface area contributed by atoms with E-state index in [0.29, 0.717) is 0 Å². The van der Waals surface area contributed by atoms with Crippen LogP contribution < -0.4 is 16.0 Å². The summed E-state index contributed by atoms with van der Waals surface area (Å²) < 4.78 is 5.73. The molecule has 20 heavy (non-hydrogen) atoms. The lowest BCUT2D eigenvalue weighted by Crippen LogP contribution is -2.28. The van der Waals surface area contributed by atoms with Gasteiger partial charge in [0.1, 0.15) is 5.75 Å². The monoisotopic (exact) mass is 290 g/mol. The van der Waals surface area contributed by atoms with Crippen LogP contribution in [-0.4, -0.2) is 6.10 Å². The molecule has 2 rings (SSSR count). The Balaban J connectivity index is 2.02. The first kappa shape index (κ1) is 15.0. The molecule has 1 heterocycles. The summed E-state index contributed by atoms with van der Waals surface area (Å²) in [6.45, 7) is 4.06. The summed E-state index contributed by atoms with van der Waals surface area (Å²) in [4.78, 5) is 1.39. The molecule has 1 aromatic carbocycles. The van der Waals surface area contributed by atoms with Crippen LogP contribution in [0.15, 0.2) is 41.8 Å². The molecule has 108 valence electrons. The van der Waals surface area contributed by atoms with Crippen molar-refractivity contribution in [1.29, 1.82) is 0 Å². The highest BCUT2D eigenvalue weighted by Gasteiger charge is 2.11. The fraction of sp³-hybridized carbons (Fsp3) is 0.375. The van der Waals surface area contributed by atoms with Crippen LogP contribution in [0.4, 0.5) is 0 Å². The van der Waals surface area contributed by atoms with Crippen molar-refractivity contribution in [2.75, 3.05) is 0 Å². The molecular weight excluding hydrogens is 268 g/mol. The van der Waals surface area contributed by atoms with Crippen molar-refractivity contribution >= 4 is 11.3 Å². The minimum Gasteiger partial charge on any atom is -0.491 e. The molecule has 1 aromatic heterocycles. The lowest BCUT2D eigenvalue weighted by atomic mass is 10.0. The smallest absolute Gasteiger partial charge is 0.120 e. The van der Waals surface area contributed by atoms with Gasteiger partial charge in [0.25, 0.3) is 0 Å². The summed E-state index contributed by atoms with van der Waals surface area (Å²) in [5.41, 5.74) is 4.08. The largest absolute Gasteiger partial charge is 0.491 e. The molecule has 3 nitrogen and oxygen atoms in total. The zero-order valence-corrected chi connectivity index (χ0v) is 12.8. The van der Waals surface area contributed by atoms with Gasteiger partial charge in [0.15, 0.2) is 0 Å². The maximum Gasteiger partial charge on any atom is 0.120 e. The minimum absolute atomic E-state index is 0.146. The summed E-state index contributed by atoms with van der Waals surface area (Å²) in [7, 11) is 0. The molecule has 0 saturated carbocycles. The molecule has 0 fully saturated rings. The molecule has 0 aliphatic carbocycles. The van der Waals surface area contributed by atoms with Gasteiger partial charge in [-0.3, -0.25) is 11.3 Å². The number of hydrazine groups is 1. The van der Waals surface area contributed by atoms with E-state index in [1.165, 1.54) is 10.4 Å². The highest BCUT2D eigenvalue weighted by Crippen LogP contribution is 2.24. The highest BCUT2D eigenvalue weighted by atomic mass is 32.1. The SMILES string of the molecule is CC(C)Oc1cccc(C(CCc2cccs2)NN)c1. The van der Waals surface area contributed by atoms with Gasteiger partial charge in [-0.1, -0.05) is 18.2 Å². The molecule has 2 aromatic rings. The number of hydrogen-bond acceptors (Lipinski definition) is 4. The first-order valence-electron chi connectivity index (χ1n) is 6.94. The van der Waals surface area contributed by atoms with Crippen molar-refractivity contribution in [3.8, 4) is 5.75 Å². The molecule has 0 aliphatic rings. The van der Waals surface area contributed by atoms with E-state index < -0.39 is 0 Å². The Morgan fingerprint density at radius 3 is 2.75 bits per heavy atom. The molecule has 1 atom stereocenters. The molecule has 1 unspecified atom stereocenters. The molecule has 0 radical (unpaired) electrons. The zero-order chi connectivity index (χ0) is 14.4. The molecule has 0 amide bonds. The first-order chi connectivity index (χ1) is 9.69. The Hall–Kier alpha value is -1.36. The van der Waals surface area contributed by atoms with Gasteiger partial charge in [-0.25, -0.2) is 0 Å². The van der Waals surface area contributed by atoms with Crippen LogP contribution in [0.3, 0.4) is 0 Å². The van der Waals surface area contributed by atoms with Gasteiger partial charge in [0.2, 0.25) is 0 Å². The number of benzene rings is 1. The lowest BCUT2D eigenvalue weighted by molar-refractivity contribution is 0.242.